The van der Waals surface area contributed by atoms with Crippen LogP contribution in [0.4, 0.5) is 0 Å². The molecule has 0 fully saturated rings. The molecule has 1 atom stereocenters. The lowest BCUT2D eigenvalue weighted by molar-refractivity contribution is 0.191. The maximum Gasteiger partial charge on any atom is 0.125 e. The molecule has 1 aromatic carbocycles. The Morgan fingerprint density at radius 2 is 2.13 bits per heavy atom. The van der Waals surface area contributed by atoms with Gasteiger partial charge in [0, 0.05) is 12.0 Å². The first kappa shape index (κ1) is 11.6. The molecule has 0 aliphatic carbocycles. The third kappa shape index (κ3) is 3.65. The van der Waals surface area contributed by atoms with Crippen LogP contribution >= 0.6 is 0 Å². The van der Waals surface area contributed by atoms with Gasteiger partial charge in [-0.15, -0.1) is 11.8 Å². The second-order valence-corrected chi connectivity index (χ2v) is 3.24. The van der Waals surface area contributed by atoms with E-state index >= 15 is 0 Å². The molecule has 0 heterocycles. The number of hydrogen-bond acceptors (Lipinski definition) is 2. The molecule has 1 aromatic rings. The third-order valence-corrected chi connectivity index (χ3v) is 2.03. The lowest BCUT2D eigenvalue weighted by atomic mass is 10.1. The van der Waals surface area contributed by atoms with Crippen molar-refractivity contribution >= 4 is 0 Å². The summed E-state index contributed by atoms with van der Waals surface area (Å²) in [6.45, 7) is 4.10. The fraction of sp³-hybridized carbons (Fsp3) is 0.385. The smallest absolute Gasteiger partial charge is 0.125 e. The third-order valence-electron chi connectivity index (χ3n) is 2.03. The highest BCUT2D eigenvalue weighted by Gasteiger charge is 2.07. The van der Waals surface area contributed by atoms with E-state index in [1.807, 2.05) is 31.2 Å². The maximum absolute atomic E-state index is 9.50. The van der Waals surface area contributed by atoms with Gasteiger partial charge in [-0.05, 0) is 19.9 Å². The fourth-order valence-corrected chi connectivity index (χ4v) is 1.29. The van der Waals surface area contributed by atoms with Crippen LogP contribution in [0.25, 0.3) is 0 Å². The van der Waals surface area contributed by atoms with Crippen LogP contribution in [0.3, 0.4) is 0 Å². The van der Waals surface area contributed by atoms with Crippen LogP contribution in [-0.4, -0.2) is 11.7 Å². The van der Waals surface area contributed by atoms with Crippen LogP contribution in [0.5, 0.6) is 5.75 Å². The number of hydrogen-bond donors (Lipinski definition) is 1. The molecule has 15 heavy (non-hydrogen) atoms. The van der Waals surface area contributed by atoms with Gasteiger partial charge in [0.25, 0.3) is 0 Å². The summed E-state index contributed by atoms with van der Waals surface area (Å²) < 4.78 is 5.54. The Morgan fingerprint density at radius 3 is 2.80 bits per heavy atom. The summed E-state index contributed by atoms with van der Waals surface area (Å²) in [5.74, 6) is 6.48. The van der Waals surface area contributed by atoms with Gasteiger partial charge in [-0.3, -0.25) is 0 Å². The van der Waals surface area contributed by atoms with Gasteiger partial charge in [0.2, 0.25) is 0 Å². The summed E-state index contributed by atoms with van der Waals surface area (Å²) in [5, 5.41) is 9.50. The molecule has 0 saturated carbocycles. The van der Waals surface area contributed by atoms with Gasteiger partial charge < -0.3 is 9.84 Å². The molecular weight excluding hydrogens is 188 g/mol. The zero-order valence-corrected chi connectivity index (χ0v) is 9.16. The first-order valence-corrected chi connectivity index (χ1v) is 5.05. The molecule has 0 radical (unpaired) electrons. The molecule has 0 aliphatic heterocycles. The van der Waals surface area contributed by atoms with Crippen molar-refractivity contribution in [3.63, 3.8) is 0 Å². The number of aliphatic hydroxyl groups excluding tert-OH is 1. The Balaban J connectivity index is 2.62. The Kier molecular flexibility index (Phi) is 4.73. The van der Waals surface area contributed by atoms with E-state index in [1.54, 1.807) is 6.92 Å². The lowest BCUT2D eigenvalue weighted by Crippen LogP contribution is -2.01. The van der Waals surface area contributed by atoms with Gasteiger partial charge in [0.05, 0.1) is 12.7 Å². The molecule has 1 N–H and O–H groups in total. The fourth-order valence-electron chi connectivity index (χ4n) is 1.29. The summed E-state index contributed by atoms with van der Waals surface area (Å²) in [6.07, 6.45) is 0.212. The average molecular weight is 204 g/mol. The van der Waals surface area contributed by atoms with E-state index in [9.17, 15) is 5.11 Å². The highest BCUT2D eigenvalue weighted by atomic mass is 16.5. The SMILES string of the molecule is CC#CCCOc1ccccc1[C@@H](C)O. The molecule has 0 unspecified atom stereocenters. The molecule has 2 nitrogen and oxygen atoms in total. The molecular formula is C13H16O2. The molecule has 0 saturated heterocycles. The zero-order valence-electron chi connectivity index (χ0n) is 9.16. The predicted molar refractivity (Wildman–Crippen MR) is 60.6 cm³/mol. The van der Waals surface area contributed by atoms with E-state index < -0.39 is 6.10 Å². The Bertz CT molecular complexity index is 358. The van der Waals surface area contributed by atoms with Gasteiger partial charge in [-0.2, -0.15) is 0 Å². The van der Waals surface area contributed by atoms with Crippen molar-refractivity contribution in [2.24, 2.45) is 0 Å². The van der Waals surface area contributed by atoms with Crippen molar-refractivity contribution < 1.29 is 9.84 Å². The van der Waals surface area contributed by atoms with Crippen molar-refractivity contribution in [3.05, 3.63) is 29.8 Å². The van der Waals surface area contributed by atoms with Crippen molar-refractivity contribution in [2.45, 2.75) is 26.4 Å². The minimum atomic E-state index is -0.501. The average Bonchev–Trinajstić information content (AvgIpc) is 2.25. The molecule has 0 amide bonds. The van der Waals surface area contributed by atoms with Crippen LogP contribution < -0.4 is 4.74 Å². The maximum atomic E-state index is 9.50. The van der Waals surface area contributed by atoms with Crippen LogP contribution in [0.2, 0.25) is 0 Å². The topological polar surface area (TPSA) is 29.5 Å². The van der Waals surface area contributed by atoms with Crippen LogP contribution in [-0.2, 0) is 0 Å². The van der Waals surface area contributed by atoms with Gasteiger partial charge in [-0.1, -0.05) is 18.2 Å². The summed E-state index contributed by atoms with van der Waals surface area (Å²) in [5.41, 5.74) is 0.821. The van der Waals surface area contributed by atoms with E-state index in [2.05, 4.69) is 11.8 Å². The van der Waals surface area contributed by atoms with E-state index in [0.717, 1.165) is 11.3 Å². The monoisotopic (exact) mass is 204 g/mol. The Hall–Kier alpha value is -1.46. The second kappa shape index (κ2) is 6.10. The predicted octanol–water partition coefficient (Wildman–Crippen LogP) is 2.53. The van der Waals surface area contributed by atoms with Crippen molar-refractivity contribution in [3.8, 4) is 17.6 Å². The summed E-state index contributed by atoms with van der Waals surface area (Å²) >= 11 is 0. The molecule has 0 bridgehead atoms. The van der Waals surface area contributed by atoms with E-state index in [1.165, 1.54) is 0 Å². The van der Waals surface area contributed by atoms with Crippen LogP contribution in [0.1, 0.15) is 31.9 Å². The van der Waals surface area contributed by atoms with Crippen LogP contribution in [0, 0.1) is 11.8 Å². The van der Waals surface area contributed by atoms with E-state index in [0.29, 0.717) is 13.0 Å². The highest BCUT2D eigenvalue weighted by molar-refractivity contribution is 5.34. The van der Waals surface area contributed by atoms with Crippen molar-refractivity contribution in [1.29, 1.82) is 0 Å². The number of ether oxygens (including phenoxy) is 1. The standard InChI is InChI=1S/C13H16O2/c1-3-4-7-10-15-13-9-6-5-8-12(13)11(2)14/h5-6,8-9,11,14H,7,10H2,1-2H3/t11-/m1/s1. The largest absolute Gasteiger partial charge is 0.492 e. The van der Waals surface area contributed by atoms with Crippen LogP contribution in [0.15, 0.2) is 24.3 Å². The Labute approximate surface area is 90.9 Å². The summed E-state index contributed by atoms with van der Waals surface area (Å²) in [6, 6.07) is 7.51. The molecule has 1 rings (SSSR count). The minimum Gasteiger partial charge on any atom is -0.492 e. The second-order valence-electron chi connectivity index (χ2n) is 3.24. The quantitative estimate of drug-likeness (QED) is 0.603. The highest BCUT2D eigenvalue weighted by Crippen LogP contribution is 2.24. The van der Waals surface area contributed by atoms with Gasteiger partial charge >= 0.3 is 0 Å². The zero-order chi connectivity index (χ0) is 11.1. The van der Waals surface area contributed by atoms with E-state index in [-0.39, 0.29) is 0 Å². The van der Waals surface area contributed by atoms with Crippen molar-refractivity contribution in [2.75, 3.05) is 6.61 Å². The van der Waals surface area contributed by atoms with Crippen molar-refractivity contribution in [1.82, 2.24) is 0 Å². The molecule has 0 spiro atoms. The van der Waals surface area contributed by atoms with Gasteiger partial charge in [0.1, 0.15) is 5.75 Å². The number of rotatable bonds is 4. The molecule has 0 aromatic heterocycles. The van der Waals surface area contributed by atoms with Gasteiger partial charge in [0.15, 0.2) is 0 Å². The number of benzene rings is 1. The van der Waals surface area contributed by atoms with Gasteiger partial charge in [-0.25, -0.2) is 0 Å². The number of aliphatic hydroxyl groups is 1. The lowest BCUT2D eigenvalue weighted by Gasteiger charge is -2.12. The number of para-hydroxylation sites is 1. The molecule has 0 aliphatic rings. The normalized spacial score (nSPS) is 11.4. The first-order chi connectivity index (χ1) is 7.25. The van der Waals surface area contributed by atoms with E-state index in [4.69, 9.17) is 4.74 Å². The molecule has 80 valence electrons. The summed E-state index contributed by atoms with van der Waals surface area (Å²) in [4.78, 5) is 0. The Morgan fingerprint density at radius 1 is 1.40 bits per heavy atom. The first-order valence-electron chi connectivity index (χ1n) is 5.05. The molecule has 2 heteroatoms. The summed E-state index contributed by atoms with van der Waals surface area (Å²) in [7, 11) is 0. The minimum absolute atomic E-state index is 0.501.